The van der Waals surface area contributed by atoms with Gasteiger partial charge < -0.3 is 10.6 Å². The summed E-state index contributed by atoms with van der Waals surface area (Å²) in [5, 5.41) is 2.10. The Balaban J connectivity index is 2.33. The summed E-state index contributed by atoms with van der Waals surface area (Å²) in [6, 6.07) is 6.44. The summed E-state index contributed by atoms with van der Waals surface area (Å²) < 4.78 is 0. The number of thiophene rings is 1. The first-order valence-electron chi connectivity index (χ1n) is 6.91. The SMILES string of the molecule is CC(C)c1nc(N)cc(N(Cc2cccs2)C(C)C)n1. The molecule has 0 fully saturated rings. The second-order valence-electron chi connectivity index (χ2n) is 5.46. The van der Waals surface area contributed by atoms with Crippen LogP contribution in [0.25, 0.3) is 0 Å². The molecule has 2 aromatic rings. The number of rotatable bonds is 5. The van der Waals surface area contributed by atoms with Gasteiger partial charge in [-0.05, 0) is 25.3 Å². The van der Waals surface area contributed by atoms with E-state index in [9.17, 15) is 0 Å². The quantitative estimate of drug-likeness (QED) is 0.913. The number of hydrogen-bond donors (Lipinski definition) is 1. The van der Waals surface area contributed by atoms with Gasteiger partial charge in [0.2, 0.25) is 0 Å². The molecular weight excluding hydrogens is 268 g/mol. The van der Waals surface area contributed by atoms with Gasteiger partial charge >= 0.3 is 0 Å². The fourth-order valence-corrected chi connectivity index (χ4v) is 2.68. The zero-order valence-electron chi connectivity index (χ0n) is 12.5. The van der Waals surface area contributed by atoms with Crippen LogP contribution in [0, 0.1) is 0 Å². The van der Waals surface area contributed by atoms with Crippen molar-refractivity contribution in [2.24, 2.45) is 0 Å². The fourth-order valence-electron chi connectivity index (χ4n) is 1.98. The van der Waals surface area contributed by atoms with Gasteiger partial charge in [0, 0.05) is 22.9 Å². The van der Waals surface area contributed by atoms with E-state index < -0.39 is 0 Å². The smallest absolute Gasteiger partial charge is 0.135 e. The lowest BCUT2D eigenvalue weighted by Crippen LogP contribution is -2.31. The van der Waals surface area contributed by atoms with Crippen LogP contribution in [0.4, 0.5) is 11.6 Å². The van der Waals surface area contributed by atoms with Crippen LogP contribution in [-0.4, -0.2) is 16.0 Å². The molecule has 0 amide bonds. The Morgan fingerprint density at radius 3 is 2.55 bits per heavy atom. The molecule has 20 heavy (non-hydrogen) atoms. The van der Waals surface area contributed by atoms with Crippen LogP contribution in [0.2, 0.25) is 0 Å². The van der Waals surface area contributed by atoms with E-state index in [4.69, 9.17) is 5.73 Å². The lowest BCUT2D eigenvalue weighted by atomic mass is 10.2. The number of anilines is 2. The highest BCUT2D eigenvalue weighted by atomic mass is 32.1. The van der Waals surface area contributed by atoms with Crippen LogP contribution >= 0.6 is 11.3 Å². The molecule has 2 heterocycles. The molecule has 0 spiro atoms. The van der Waals surface area contributed by atoms with Gasteiger partial charge in [0.1, 0.15) is 17.5 Å². The second-order valence-corrected chi connectivity index (χ2v) is 6.50. The highest BCUT2D eigenvalue weighted by Crippen LogP contribution is 2.23. The van der Waals surface area contributed by atoms with E-state index in [0.717, 1.165) is 18.2 Å². The maximum absolute atomic E-state index is 5.93. The Morgan fingerprint density at radius 2 is 2.00 bits per heavy atom. The Hall–Kier alpha value is -1.62. The fraction of sp³-hybridized carbons (Fsp3) is 0.467. The van der Waals surface area contributed by atoms with Crippen molar-refractivity contribution in [2.45, 2.75) is 46.2 Å². The van der Waals surface area contributed by atoms with Gasteiger partial charge in [0.15, 0.2) is 0 Å². The lowest BCUT2D eigenvalue weighted by Gasteiger charge is -2.28. The van der Waals surface area contributed by atoms with Gasteiger partial charge in [-0.15, -0.1) is 11.3 Å². The summed E-state index contributed by atoms with van der Waals surface area (Å²) in [7, 11) is 0. The molecule has 0 bridgehead atoms. The van der Waals surface area contributed by atoms with Crippen molar-refractivity contribution in [2.75, 3.05) is 10.6 Å². The predicted octanol–water partition coefficient (Wildman–Crippen LogP) is 3.66. The largest absolute Gasteiger partial charge is 0.384 e. The molecule has 0 radical (unpaired) electrons. The van der Waals surface area contributed by atoms with Gasteiger partial charge in [0.25, 0.3) is 0 Å². The Kier molecular flexibility index (Phi) is 4.60. The van der Waals surface area contributed by atoms with Crippen LogP contribution in [-0.2, 0) is 6.54 Å². The molecule has 0 saturated heterocycles. The van der Waals surface area contributed by atoms with Gasteiger partial charge in [-0.25, -0.2) is 9.97 Å². The zero-order valence-corrected chi connectivity index (χ0v) is 13.3. The molecular formula is C15H22N4S. The predicted molar refractivity (Wildman–Crippen MR) is 86.2 cm³/mol. The van der Waals surface area contributed by atoms with E-state index in [0.29, 0.717) is 11.9 Å². The third-order valence-corrected chi connectivity index (χ3v) is 3.95. The number of nitrogen functional groups attached to an aromatic ring is 1. The molecule has 0 aliphatic heterocycles. The Morgan fingerprint density at radius 1 is 1.25 bits per heavy atom. The second kappa shape index (κ2) is 6.22. The molecule has 5 heteroatoms. The van der Waals surface area contributed by atoms with Crippen LogP contribution in [0.15, 0.2) is 23.6 Å². The van der Waals surface area contributed by atoms with Gasteiger partial charge in [0.05, 0.1) is 6.54 Å². The minimum Gasteiger partial charge on any atom is -0.384 e. The van der Waals surface area contributed by atoms with Crippen molar-refractivity contribution in [1.29, 1.82) is 0 Å². The van der Waals surface area contributed by atoms with Crippen molar-refractivity contribution in [3.63, 3.8) is 0 Å². The summed E-state index contributed by atoms with van der Waals surface area (Å²) in [5.74, 6) is 2.52. The Bertz CT molecular complexity index is 549. The number of nitrogens with zero attached hydrogens (tertiary/aromatic N) is 3. The lowest BCUT2D eigenvalue weighted by molar-refractivity contribution is 0.666. The number of aromatic nitrogens is 2. The Labute approximate surface area is 124 Å². The van der Waals surface area contributed by atoms with Crippen molar-refractivity contribution >= 4 is 23.0 Å². The van der Waals surface area contributed by atoms with Crippen molar-refractivity contribution in [1.82, 2.24) is 9.97 Å². The highest BCUT2D eigenvalue weighted by molar-refractivity contribution is 7.09. The maximum Gasteiger partial charge on any atom is 0.135 e. The van der Waals surface area contributed by atoms with Gasteiger partial charge in [-0.1, -0.05) is 19.9 Å². The van der Waals surface area contributed by atoms with E-state index in [1.165, 1.54) is 4.88 Å². The summed E-state index contributed by atoms with van der Waals surface area (Å²) in [4.78, 5) is 12.6. The topological polar surface area (TPSA) is 55.0 Å². The molecule has 0 aliphatic rings. The van der Waals surface area contributed by atoms with Crippen molar-refractivity contribution in [3.8, 4) is 0 Å². The van der Waals surface area contributed by atoms with E-state index in [1.54, 1.807) is 11.3 Å². The normalized spacial score (nSPS) is 11.3. The van der Waals surface area contributed by atoms with Crippen LogP contribution < -0.4 is 10.6 Å². The molecule has 0 aliphatic carbocycles. The molecule has 2 N–H and O–H groups in total. The van der Waals surface area contributed by atoms with E-state index in [-0.39, 0.29) is 5.92 Å². The van der Waals surface area contributed by atoms with Gasteiger partial charge in [-0.2, -0.15) is 0 Å². The summed E-state index contributed by atoms with van der Waals surface area (Å²) in [6.07, 6.45) is 0. The molecule has 108 valence electrons. The zero-order chi connectivity index (χ0) is 14.7. The molecule has 0 atom stereocenters. The maximum atomic E-state index is 5.93. The molecule has 0 aromatic carbocycles. The van der Waals surface area contributed by atoms with E-state index in [1.807, 2.05) is 6.07 Å². The molecule has 2 rings (SSSR count). The third-order valence-electron chi connectivity index (χ3n) is 3.09. The van der Waals surface area contributed by atoms with E-state index >= 15 is 0 Å². The van der Waals surface area contributed by atoms with Crippen LogP contribution in [0.5, 0.6) is 0 Å². The number of nitrogens with two attached hydrogens (primary N) is 1. The average molecular weight is 290 g/mol. The molecule has 0 saturated carbocycles. The first kappa shape index (κ1) is 14.8. The highest BCUT2D eigenvalue weighted by Gasteiger charge is 2.16. The first-order chi connectivity index (χ1) is 9.47. The molecule has 4 nitrogen and oxygen atoms in total. The van der Waals surface area contributed by atoms with Crippen LogP contribution in [0.1, 0.15) is 44.3 Å². The monoisotopic (exact) mass is 290 g/mol. The van der Waals surface area contributed by atoms with Crippen molar-refractivity contribution in [3.05, 3.63) is 34.3 Å². The summed E-state index contributed by atoms with van der Waals surface area (Å²) >= 11 is 1.76. The first-order valence-corrected chi connectivity index (χ1v) is 7.78. The molecule has 2 aromatic heterocycles. The van der Waals surface area contributed by atoms with Crippen LogP contribution in [0.3, 0.4) is 0 Å². The number of hydrogen-bond acceptors (Lipinski definition) is 5. The summed E-state index contributed by atoms with van der Waals surface area (Å²) in [6.45, 7) is 9.35. The molecule has 0 unspecified atom stereocenters. The standard InChI is InChI=1S/C15H22N4S/c1-10(2)15-17-13(16)8-14(18-15)19(11(3)4)9-12-6-5-7-20-12/h5-8,10-11H,9H2,1-4H3,(H2,16,17,18). The van der Waals surface area contributed by atoms with Crippen molar-refractivity contribution < 1.29 is 0 Å². The minimum absolute atomic E-state index is 0.271. The average Bonchev–Trinajstić information content (AvgIpc) is 2.87. The van der Waals surface area contributed by atoms with E-state index in [2.05, 4.69) is 60.1 Å². The minimum atomic E-state index is 0.271. The summed E-state index contributed by atoms with van der Waals surface area (Å²) in [5.41, 5.74) is 5.93. The third kappa shape index (κ3) is 3.48. The van der Waals surface area contributed by atoms with Gasteiger partial charge in [-0.3, -0.25) is 0 Å².